The van der Waals surface area contributed by atoms with Crippen LogP contribution in [0.4, 0.5) is 19.0 Å². The van der Waals surface area contributed by atoms with E-state index in [2.05, 4.69) is 20.0 Å². The first-order valence-electron chi connectivity index (χ1n) is 7.08. The molecule has 2 heterocycles. The fraction of sp³-hybridized carbons (Fsp3) is 0.267. The maximum atomic E-state index is 12.3. The number of nitrogens with one attached hydrogen (secondary N) is 1. The molecule has 1 aromatic heterocycles. The van der Waals surface area contributed by atoms with Crippen LogP contribution in [0.2, 0.25) is 0 Å². The molecule has 3 rings (SSSR count). The van der Waals surface area contributed by atoms with Crippen LogP contribution in [0.5, 0.6) is 5.75 Å². The largest absolute Gasteiger partial charge is 0.573 e. The number of benzene rings is 1. The van der Waals surface area contributed by atoms with Crippen LogP contribution >= 0.6 is 0 Å². The number of nitrogens with zero attached hydrogens (tertiary/aromatic N) is 3. The van der Waals surface area contributed by atoms with Crippen molar-refractivity contribution in [2.75, 3.05) is 18.4 Å². The first-order chi connectivity index (χ1) is 11.4. The lowest BCUT2D eigenvalue weighted by atomic mass is 10.1. The van der Waals surface area contributed by atoms with Crippen molar-refractivity contribution in [3.05, 3.63) is 48.4 Å². The Labute approximate surface area is 135 Å². The number of aromatic nitrogens is 2. The minimum absolute atomic E-state index is 0.0280. The lowest BCUT2D eigenvalue weighted by molar-refractivity contribution is -0.274. The molecule has 1 saturated heterocycles. The second kappa shape index (κ2) is 6.34. The summed E-state index contributed by atoms with van der Waals surface area (Å²) >= 11 is 0. The maximum absolute atomic E-state index is 12.3. The highest BCUT2D eigenvalue weighted by Crippen LogP contribution is 2.24. The summed E-state index contributed by atoms with van der Waals surface area (Å²) < 4.78 is 40.5. The Morgan fingerprint density at radius 2 is 2.08 bits per heavy atom. The molecule has 0 bridgehead atoms. The van der Waals surface area contributed by atoms with Gasteiger partial charge in [0.25, 0.3) is 5.91 Å². The number of halogens is 3. The topological polar surface area (TPSA) is 67.3 Å². The predicted molar refractivity (Wildman–Crippen MR) is 78.5 cm³/mol. The summed E-state index contributed by atoms with van der Waals surface area (Å²) in [6, 6.07) is 5.07. The van der Waals surface area contributed by atoms with Gasteiger partial charge < -0.3 is 15.0 Å². The molecule has 0 aliphatic carbocycles. The lowest BCUT2D eigenvalue weighted by Gasteiger charge is -2.39. The lowest BCUT2D eigenvalue weighted by Crippen LogP contribution is -2.57. The third-order valence-corrected chi connectivity index (χ3v) is 3.40. The second-order valence-corrected chi connectivity index (χ2v) is 5.22. The second-order valence-electron chi connectivity index (χ2n) is 5.22. The summed E-state index contributed by atoms with van der Waals surface area (Å²) in [4.78, 5) is 21.8. The van der Waals surface area contributed by atoms with E-state index in [0.29, 0.717) is 18.9 Å². The molecule has 1 aliphatic heterocycles. The van der Waals surface area contributed by atoms with E-state index in [9.17, 15) is 18.0 Å². The molecule has 1 N–H and O–H groups in total. The van der Waals surface area contributed by atoms with Crippen molar-refractivity contribution in [3.8, 4) is 5.75 Å². The molecule has 0 saturated carbocycles. The number of carbonyl (C=O) groups excluding carboxylic acids is 1. The number of amides is 1. The highest BCUT2D eigenvalue weighted by molar-refractivity contribution is 5.95. The van der Waals surface area contributed by atoms with Crippen LogP contribution in [0, 0.1) is 0 Å². The van der Waals surface area contributed by atoms with Gasteiger partial charge >= 0.3 is 6.36 Å². The Morgan fingerprint density at radius 1 is 1.29 bits per heavy atom. The van der Waals surface area contributed by atoms with E-state index in [4.69, 9.17) is 0 Å². The molecule has 2 aromatic rings. The summed E-state index contributed by atoms with van der Waals surface area (Å²) in [6.07, 6.45) is -0.111. The SMILES string of the molecule is O=C(c1cccc(OC(F)(F)F)c1)N1CC(Nc2cnccn2)C1. The number of likely N-dealkylation sites (tertiary alicyclic amines) is 1. The molecule has 1 aromatic carbocycles. The summed E-state index contributed by atoms with van der Waals surface area (Å²) in [7, 11) is 0. The van der Waals surface area contributed by atoms with E-state index in [1.54, 1.807) is 18.6 Å². The van der Waals surface area contributed by atoms with E-state index in [1.165, 1.54) is 17.0 Å². The Bertz CT molecular complexity index is 718. The van der Waals surface area contributed by atoms with E-state index < -0.39 is 12.1 Å². The van der Waals surface area contributed by atoms with Gasteiger partial charge in [-0.25, -0.2) is 4.98 Å². The Kier molecular flexibility index (Phi) is 4.24. The molecule has 1 aliphatic rings. The Hall–Kier alpha value is -2.84. The number of carbonyl (C=O) groups is 1. The summed E-state index contributed by atoms with van der Waals surface area (Å²) in [5.41, 5.74) is 0.148. The maximum Gasteiger partial charge on any atom is 0.573 e. The first-order valence-corrected chi connectivity index (χ1v) is 7.08. The quantitative estimate of drug-likeness (QED) is 0.927. The number of alkyl halides is 3. The van der Waals surface area contributed by atoms with Gasteiger partial charge in [0.2, 0.25) is 0 Å². The predicted octanol–water partition coefficient (Wildman–Crippen LogP) is 2.31. The van der Waals surface area contributed by atoms with Crippen molar-refractivity contribution in [2.24, 2.45) is 0 Å². The van der Waals surface area contributed by atoms with Crippen molar-refractivity contribution in [3.63, 3.8) is 0 Å². The molecule has 9 heteroatoms. The van der Waals surface area contributed by atoms with Crippen LogP contribution in [0.15, 0.2) is 42.9 Å². The molecule has 1 fully saturated rings. The third-order valence-electron chi connectivity index (χ3n) is 3.40. The van der Waals surface area contributed by atoms with E-state index >= 15 is 0 Å². The van der Waals surface area contributed by atoms with Gasteiger partial charge in [0, 0.05) is 31.0 Å². The zero-order valence-electron chi connectivity index (χ0n) is 12.3. The van der Waals surface area contributed by atoms with E-state index in [1.807, 2.05) is 0 Å². The van der Waals surface area contributed by atoms with Crippen LogP contribution in [-0.4, -0.2) is 46.3 Å². The van der Waals surface area contributed by atoms with Crippen molar-refractivity contribution < 1.29 is 22.7 Å². The van der Waals surface area contributed by atoms with Gasteiger partial charge in [0.1, 0.15) is 11.6 Å². The molecule has 24 heavy (non-hydrogen) atoms. The highest BCUT2D eigenvalue weighted by atomic mass is 19.4. The zero-order valence-corrected chi connectivity index (χ0v) is 12.3. The fourth-order valence-electron chi connectivity index (χ4n) is 2.33. The van der Waals surface area contributed by atoms with Crippen LogP contribution in [-0.2, 0) is 0 Å². The minimum atomic E-state index is -4.79. The van der Waals surface area contributed by atoms with Crippen molar-refractivity contribution in [2.45, 2.75) is 12.4 Å². The van der Waals surface area contributed by atoms with Gasteiger partial charge in [0.15, 0.2) is 0 Å². The smallest absolute Gasteiger partial charge is 0.406 e. The Morgan fingerprint density at radius 3 is 2.75 bits per heavy atom. The first kappa shape index (κ1) is 16.0. The number of anilines is 1. The van der Waals surface area contributed by atoms with Gasteiger partial charge in [-0.1, -0.05) is 6.07 Å². The number of hydrogen-bond acceptors (Lipinski definition) is 5. The molecule has 1 amide bonds. The van der Waals surface area contributed by atoms with Crippen LogP contribution in [0.1, 0.15) is 10.4 Å². The molecular weight excluding hydrogens is 325 g/mol. The van der Waals surface area contributed by atoms with E-state index in [-0.39, 0.29) is 17.5 Å². The molecule has 0 spiro atoms. The van der Waals surface area contributed by atoms with Crippen LogP contribution in [0.25, 0.3) is 0 Å². The summed E-state index contributed by atoms with van der Waals surface area (Å²) in [5, 5.41) is 3.12. The molecule has 0 unspecified atom stereocenters. The average Bonchev–Trinajstić information content (AvgIpc) is 2.49. The molecule has 6 nitrogen and oxygen atoms in total. The Balaban J connectivity index is 1.57. The highest BCUT2D eigenvalue weighted by Gasteiger charge is 2.33. The fourth-order valence-corrected chi connectivity index (χ4v) is 2.33. The average molecular weight is 338 g/mol. The third kappa shape index (κ3) is 3.92. The number of ether oxygens (including phenoxy) is 1. The van der Waals surface area contributed by atoms with Gasteiger partial charge in [0.05, 0.1) is 12.2 Å². The van der Waals surface area contributed by atoms with Crippen molar-refractivity contribution in [1.82, 2.24) is 14.9 Å². The number of hydrogen-bond donors (Lipinski definition) is 1. The van der Waals surface area contributed by atoms with Gasteiger partial charge in [-0.3, -0.25) is 9.78 Å². The standard InChI is InChI=1S/C15H13F3N4O2/c16-15(17,18)24-12-3-1-2-10(6-12)14(23)22-8-11(9-22)21-13-7-19-4-5-20-13/h1-7,11H,8-9H2,(H,20,21). The number of rotatable bonds is 4. The van der Waals surface area contributed by atoms with E-state index in [0.717, 1.165) is 12.1 Å². The van der Waals surface area contributed by atoms with Gasteiger partial charge in [-0.15, -0.1) is 13.2 Å². The summed E-state index contributed by atoms with van der Waals surface area (Å²) in [5.74, 6) is -0.155. The minimum Gasteiger partial charge on any atom is -0.406 e. The molecule has 0 radical (unpaired) electrons. The monoisotopic (exact) mass is 338 g/mol. The molecule has 126 valence electrons. The molecule has 0 atom stereocenters. The van der Waals surface area contributed by atoms with Crippen molar-refractivity contribution in [1.29, 1.82) is 0 Å². The zero-order chi connectivity index (χ0) is 17.2. The van der Waals surface area contributed by atoms with Crippen LogP contribution in [0.3, 0.4) is 0 Å². The van der Waals surface area contributed by atoms with Gasteiger partial charge in [-0.05, 0) is 18.2 Å². The normalized spacial score (nSPS) is 14.9. The molecular formula is C15H13F3N4O2. The van der Waals surface area contributed by atoms with Gasteiger partial charge in [-0.2, -0.15) is 0 Å². The van der Waals surface area contributed by atoms with Crippen molar-refractivity contribution >= 4 is 11.7 Å². The van der Waals surface area contributed by atoms with Crippen LogP contribution < -0.4 is 10.1 Å². The summed E-state index contributed by atoms with van der Waals surface area (Å²) in [6.45, 7) is 0.861.